The second-order valence-corrected chi connectivity index (χ2v) is 7.75. The minimum Gasteiger partial charge on any atom is -0.406 e. The monoisotopic (exact) mass is 394 g/mol. The van der Waals surface area contributed by atoms with Crippen LogP contribution in [0.25, 0.3) is 17.5 Å². The first-order valence-electron chi connectivity index (χ1n) is 7.88. The van der Waals surface area contributed by atoms with Crippen molar-refractivity contribution in [2.75, 3.05) is 5.73 Å². The Labute approximate surface area is 159 Å². The zero-order chi connectivity index (χ0) is 18.5. The summed E-state index contributed by atoms with van der Waals surface area (Å²) < 4.78 is 12.6. The molecule has 0 aliphatic carbocycles. The molecule has 0 amide bonds. The lowest BCUT2D eigenvalue weighted by Crippen LogP contribution is -2.35. The van der Waals surface area contributed by atoms with E-state index in [9.17, 15) is 10.1 Å². The van der Waals surface area contributed by atoms with Crippen LogP contribution in [0.4, 0.5) is 6.01 Å². The van der Waals surface area contributed by atoms with E-state index in [0.29, 0.717) is 17.2 Å². The van der Waals surface area contributed by atoms with E-state index in [1.165, 1.54) is 27.2 Å². The summed E-state index contributed by atoms with van der Waals surface area (Å²) in [6.07, 6.45) is 1.70. The van der Waals surface area contributed by atoms with Gasteiger partial charge in [-0.05, 0) is 29.0 Å². The summed E-state index contributed by atoms with van der Waals surface area (Å²) in [4.78, 5) is 18.6. The molecule has 1 aliphatic rings. The Morgan fingerprint density at radius 1 is 1.26 bits per heavy atom. The zero-order valence-electron chi connectivity index (χ0n) is 13.6. The second kappa shape index (κ2) is 5.84. The molecule has 4 aromatic rings. The van der Waals surface area contributed by atoms with Gasteiger partial charge in [-0.15, -0.1) is 22.7 Å². The maximum Gasteiger partial charge on any atom is 0.362 e. The number of nitriles is 1. The number of anilines is 1. The van der Waals surface area contributed by atoms with E-state index in [0.717, 1.165) is 9.75 Å². The molecule has 0 spiro atoms. The number of hydrogen-bond acceptors (Lipinski definition) is 8. The van der Waals surface area contributed by atoms with Crippen LogP contribution in [0.3, 0.4) is 0 Å². The maximum absolute atomic E-state index is 12.6. The molecular weight excluding hydrogens is 384 g/mol. The molecule has 0 saturated heterocycles. The number of nitrogens with zero attached hydrogens (tertiary/aromatic N) is 3. The number of nitrogens with two attached hydrogens (primary N) is 1. The third kappa shape index (κ3) is 2.31. The average molecular weight is 394 g/mol. The van der Waals surface area contributed by atoms with Crippen LogP contribution >= 0.6 is 22.7 Å². The van der Waals surface area contributed by atoms with Gasteiger partial charge >= 0.3 is 5.63 Å². The lowest BCUT2D eigenvalue weighted by molar-refractivity contribution is 0.455. The van der Waals surface area contributed by atoms with Crippen molar-refractivity contribution in [2.24, 2.45) is 0 Å². The molecule has 0 unspecified atom stereocenters. The number of rotatable bonds is 2. The van der Waals surface area contributed by atoms with Crippen LogP contribution in [0.5, 0.6) is 0 Å². The fourth-order valence-electron chi connectivity index (χ4n) is 3.19. The minimum absolute atomic E-state index is 0.0325. The van der Waals surface area contributed by atoms with Gasteiger partial charge in [-0.25, -0.2) is 9.36 Å². The molecule has 132 valence electrons. The number of aromatic nitrogens is 2. The molecule has 2 N–H and O–H groups in total. The van der Waals surface area contributed by atoms with Crippen LogP contribution in [0, 0.1) is 11.3 Å². The van der Waals surface area contributed by atoms with Crippen molar-refractivity contribution in [2.45, 2.75) is 5.92 Å². The van der Waals surface area contributed by atoms with Crippen LogP contribution < -0.4 is 22.3 Å². The summed E-state index contributed by atoms with van der Waals surface area (Å²) in [5.74, 6) is -0.195. The molecule has 0 bridgehead atoms. The highest BCUT2D eigenvalue weighted by atomic mass is 32.1. The van der Waals surface area contributed by atoms with Gasteiger partial charge in [-0.1, -0.05) is 12.1 Å². The summed E-state index contributed by atoms with van der Waals surface area (Å²) in [5, 5.41) is 13.9. The first-order valence-corrected chi connectivity index (χ1v) is 9.64. The predicted molar refractivity (Wildman–Crippen MR) is 101 cm³/mol. The van der Waals surface area contributed by atoms with Crippen molar-refractivity contribution < 1.29 is 8.83 Å². The number of fused-ring (bicyclic) bond motifs is 3. The SMILES string of the molecule is N#CC1=c2oc(=O)/c(=C\c3cccs3)n2-c2oc(N)nc2[C@@H]1c1cccs1. The molecular formula is C18H10N4O3S2. The molecule has 5 heterocycles. The smallest absolute Gasteiger partial charge is 0.362 e. The Morgan fingerprint density at radius 2 is 2.07 bits per heavy atom. The topological polar surface area (TPSA) is 111 Å². The quantitative estimate of drug-likeness (QED) is 0.555. The van der Waals surface area contributed by atoms with Gasteiger partial charge < -0.3 is 14.6 Å². The molecule has 27 heavy (non-hydrogen) atoms. The Bertz CT molecular complexity index is 1370. The predicted octanol–water partition coefficient (Wildman–Crippen LogP) is 1.77. The van der Waals surface area contributed by atoms with Gasteiger partial charge in [-0.2, -0.15) is 10.2 Å². The summed E-state index contributed by atoms with van der Waals surface area (Å²) >= 11 is 2.96. The highest BCUT2D eigenvalue weighted by Crippen LogP contribution is 2.39. The summed E-state index contributed by atoms with van der Waals surface area (Å²) in [6, 6.07) is 9.70. The Balaban J connectivity index is 1.94. The molecule has 9 heteroatoms. The van der Waals surface area contributed by atoms with Gasteiger partial charge in [0.1, 0.15) is 22.7 Å². The van der Waals surface area contributed by atoms with Crippen molar-refractivity contribution in [1.29, 1.82) is 5.26 Å². The summed E-state index contributed by atoms with van der Waals surface area (Å²) in [6.45, 7) is 0. The van der Waals surface area contributed by atoms with Gasteiger partial charge in [-0.3, -0.25) is 0 Å². The first kappa shape index (κ1) is 15.9. The summed E-state index contributed by atoms with van der Waals surface area (Å²) in [5.41, 5.74) is 6.19. The average Bonchev–Trinajstić information content (AvgIpc) is 3.42. The Hall–Kier alpha value is -3.35. The number of hydrogen-bond donors (Lipinski definition) is 1. The number of thiophene rings is 2. The van der Waals surface area contributed by atoms with E-state index >= 15 is 0 Å². The fourth-order valence-corrected chi connectivity index (χ4v) is 4.68. The van der Waals surface area contributed by atoms with Gasteiger partial charge in [0.05, 0.1) is 5.92 Å². The van der Waals surface area contributed by atoms with E-state index in [2.05, 4.69) is 11.1 Å². The van der Waals surface area contributed by atoms with Crippen molar-refractivity contribution in [1.82, 2.24) is 9.55 Å². The maximum atomic E-state index is 12.6. The molecule has 0 saturated carbocycles. The van der Waals surface area contributed by atoms with Gasteiger partial charge in [0.2, 0.25) is 11.4 Å². The van der Waals surface area contributed by atoms with Crippen LogP contribution in [-0.2, 0) is 0 Å². The molecule has 4 aromatic heterocycles. The van der Waals surface area contributed by atoms with Gasteiger partial charge in [0.25, 0.3) is 6.01 Å². The molecule has 5 rings (SSSR count). The van der Waals surface area contributed by atoms with Crippen molar-refractivity contribution in [3.8, 4) is 12.0 Å². The molecule has 0 aromatic carbocycles. The van der Waals surface area contributed by atoms with E-state index in [-0.39, 0.29) is 16.9 Å². The highest BCUT2D eigenvalue weighted by molar-refractivity contribution is 7.10. The molecule has 0 radical (unpaired) electrons. The van der Waals surface area contributed by atoms with E-state index in [1.807, 2.05) is 35.0 Å². The minimum atomic E-state index is -0.557. The first-order chi connectivity index (χ1) is 13.2. The lowest BCUT2D eigenvalue weighted by atomic mass is 9.93. The Morgan fingerprint density at radius 3 is 2.78 bits per heavy atom. The van der Waals surface area contributed by atoms with Gasteiger partial charge in [0.15, 0.2) is 0 Å². The normalized spacial score (nSPS) is 16.2. The molecule has 1 atom stereocenters. The van der Waals surface area contributed by atoms with Crippen LogP contribution in [0.1, 0.15) is 21.4 Å². The summed E-state index contributed by atoms with van der Waals surface area (Å²) in [7, 11) is 0. The van der Waals surface area contributed by atoms with Crippen molar-refractivity contribution >= 4 is 40.3 Å². The fraction of sp³-hybridized carbons (Fsp3) is 0.0556. The number of nitrogen functional groups attached to an aromatic ring is 1. The zero-order valence-corrected chi connectivity index (χ0v) is 15.2. The highest BCUT2D eigenvalue weighted by Gasteiger charge is 2.36. The third-order valence-corrected chi connectivity index (χ3v) is 6.02. The molecule has 0 fully saturated rings. The van der Waals surface area contributed by atoms with Crippen LogP contribution in [0.15, 0.2) is 48.7 Å². The largest absolute Gasteiger partial charge is 0.406 e. The number of oxazole rings is 2. The van der Waals surface area contributed by atoms with Gasteiger partial charge in [0, 0.05) is 9.75 Å². The van der Waals surface area contributed by atoms with Crippen LogP contribution in [0.2, 0.25) is 0 Å². The van der Waals surface area contributed by atoms with Crippen molar-refractivity contribution in [3.63, 3.8) is 0 Å². The Kier molecular flexibility index (Phi) is 3.43. The third-order valence-electron chi connectivity index (χ3n) is 4.26. The van der Waals surface area contributed by atoms with E-state index in [4.69, 9.17) is 14.6 Å². The molecule has 7 nitrogen and oxygen atoms in total. The second-order valence-electron chi connectivity index (χ2n) is 5.79. The van der Waals surface area contributed by atoms with Crippen molar-refractivity contribution in [3.05, 3.63) is 71.8 Å². The molecule has 1 aliphatic heterocycles. The standard InChI is InChI=1S/C18H10N4O3S2/c19-8-10-13(12-4-2-6-27-12)14-16(25-18(20)21-14)22-11(17(23)24-15(10)22)7-9-3-1-5-26-9/h1-7,13H,(H2,20,21)/b11-7+/t13-/m0/s1. The van der Waals surface area contributed by atoms with E-state index in [1.54, 1.807) is 6.08 Å². The van der Waals surface area contributed by atoms with Crippen LogP contribution in [-0.4, -0.2) is 9.55 Å². The lowest BCUT2D eigenvalue weighted by Gasteiger charge is -2.17. The van der Waals surface area contributed by atoms with E-state index < -0.39 is 11.5 Å².